The van der Waals surface area contributed by atoms with Crippen molar-refractivity contribution >= 4 is 21.6 Å². The second kappa shape index (κ2) is 6.70. The number of halogens is 1. The fraction of sp³-hybridized carbons (Fsp3) is 0.643. The lowest BCUT2D eigenvalue weighted by molar-refractivity contribution is -0.385. The Kier molecular flexibility index (Phi) is 5.16. The van der Waals surface area contributed by atoms with Crippen molar-refractivity contribution in [3.63, 3.8) is 0 Å². The fourth-order valence-electron chi connectivity index (χ4n) is 2.62. The molecule has 0 unspecified atom stereocenters. The maximum absolute atomic E-state index is 10.9. The van der Waals surface area contributed by atoms with E-state index in [-0.39, 0.29) is 11.2 Å². The summed E-state index contributed by atoms with van der Waals surface area (Å²) >= 11 is 3.32. The Hall–Kier alpha value is -1.21. The molecule has 0 aliphatic heterocycles. The van der Waals surface area contributed by atoms with Crippen LogP contribution >= 0.6 is 15.9 Å². The summed E-state index contributed by atoms with van der Waals surface area (Å²) in [5.74, 6) is 0.368. The molecule has 1 aliphatic rings. The zero-order valence-corrected chi connectivity index (χ0v) is 13.7. The molecule has 0 bridgehead atoms. The Labute approximate surface area is 132 Å². The summed E-state index contributed by atoms with van der Waals surface area (Å²) in [6, 6.07) is 0. The van der Waals surface area contributed by atoms with Crippen molar-refractivity contribution in [2.24, 2.45) is 5.73 Å². The molecular formula is C14H20BrN3O3. The predicted molar refractivity (Wildman–Crippen MR) is 83.4 cm³/mol. The minimum Gasteiger partial charge on any atom is -0.475 e. The number of hydrogen-bond acceptors (Lipinski definition) is 5. The fourth-order valence-corrected chi connectivity index (χ4v) is 3.04. The number of hydrogen-bond donors (Lipinski definition) is 1. The molecule has 2 N–H and O–H groups in total. The van der Waals surface area contributed by atoms with Gasteiger partial charge in [0.1, 0.15) is 12.8 Å². The van der Waals surface area contributed by atoms with Gasteiger partial charge in [-0.25, -0.2) is 4.98 Å². The van der Waals surface area contributed by atoms with Crippen molar-refractivity contribution in [2.75, 3.05) is 6.61 Å². The summed E-state index contributed by atoms with van der Waals surface area (Å²) in [6.07, 6.45) is 7.79. The van der Waals surface area contributed by atoms with Gasteiger partial charge in [0.05, 0.1) is 14.9 Å². The van der Waals surface area contributed by atoms with Crippen LogP contribution in [0, 0.1) is 17.0 Å². The third kappa shape index (κ3) is 3.91. The Morgan fingerprint density at radius 1 is 1.43 bits per heavy atom. The van der Waals surface area contributed by atoms with E-state index in [4.69, 9.17) is 10.5 Å². The summed E-state index contributed by atoms with van der Waals surface area (Å²) < 4.78 is 6.27. The van der Waals surface area contributed by atoms with Crippen molar-refractivity contribution in [1.82, 2.24) is 4.98 Å². The number of nitrogens with two attached hydrogens (primary N) is 1. The van der Waals surface area contributed by atoms with Gasteiger partial charge in [0.2, 0.25) is 5.88 Å². The lowest BCUT2D eigenvalue weighted by Crippen LogP contribution is -2.45. The highest BCUT2D eigenvalue weighted by molar-refractivity contribution is 9.10. The van der Waals surface area contributed by atoms with Crippen LogP contribution in [0.25, 0.3) is 0 Å². The van der Waals surface area contributed by atoms with Crippen LogP contribution in [0.3, 0.4) is 0 Å². The van der Waals surface area contributed by atoms with E-state index in [0.717, 1.165) is 25.7 Å². The van der Waals surface area contributed by atoms with E-state index in [1.807, 2.05) is 0 Å². The smallest absolute Gasteiger partial charge is 0.291 e. The van der Waals surface area contributed by atoms with E-state index in [9.17, 15) is 10.1 Å². The maximum atomic E-state index is 10.9. The first-order valence-electron chi connectivity index (χ1n) is 7.14. The molecule has 0 amide bonds. The second-order valence-corrected chi connectivity index (χ2v) is 6.50. The highest BCUT2D eigenvalue weighted by Crippen LogP contribution is 2.33. The highest BCUT2D eigenvalue weighted by Gasteiger charge is 2.28. The van der Waals surface area contributed by atoms with Crippen molar-refractivity contribution in [1.29, 1.82) is 0 Å². The highest BCUT2D eigenvalue weighted by atomic mass is 79.9. The van der Waals surface area contributed by atoms with E-state index >= 15 is 0 Å². The van der Waals surface area contributed by atoms with Crippen LogP contribution in [0.1, 0.15) is 44.1 Å². The Morgan fingerprint density at radius 2 is 2.05 bits per heavy atom. The average Bonchev–Trinajstić information content (AvgIpc) is 2.65. The SMILES string of the molecule is Cc1c([N+](=O)[O-])cnc(OCC2(N)CCCCCC2)c1Br. The van der Waals surface area contributed by atoms with Crippen LogP contribution in [0.2, 0.25) is 0 Å². The summed E-state index contributed by atoms with van der Waals surface area (Å²) in [4.78, 5) is 14.4. The molecule has 1 aromatic rings. The van der Waals surface area contributed by atoms with E-state index in [2.05, 4.69) is 20.9 Å². The average molecular weight is 358 g/mol. The van der Waals surface area contributed by atoms with Gasteiger partial charge in [0.25, 0.3) is 5.69 Å². The summed E-state index contributed by atoms with van der Waals surface area (Å²) in [5.41, 5.74) is 6.56. The summed E-state index contributed by atoms with van der Waals surface area (Å²) in [6.45, 7) is 2.05. The Bertz CT molecular complexity index is 528. The molecule has 0 aromatic carbocycles. The van der Waals surface area contributed by atoms with Crippen molar-refractivity contribution in [3.05, 3.63) is 26.3 Å². The molecule has 0 radical (unpaired) electrons. The van der Waals surface area contributed by atoms with Crippen molar-refractivity contribution in [2.45, 2.75) is 51.0 Å². The van der Waals surface area contributed by atoms with Gasteiger partial charge in [-0.3, -0.25) is 10.1 Å². The number of ether oxygens (including phenoxy) is 1. The van der Waals surface area contributed by atoms with Gasteiger partial charge in [-0.2, -0.15) is 0 Å². The van der Waals surface area contributed by atoms with Crippen molar-refractivity contribution < 1.29 is 9.66 Å². The molecule has 0 saturated heterocycles. The zero-order chi connectivity index (χ0) is 15.5. The van der Waals surface area contributed by atoms with Gasteiger partial charge >= 0.3 is 0 Å². The molecule has 116 valence electrons. The van der Waals surface area contributed by atoms with E-state index in [1.54, 1.807) is 6.92 Å². The summed E-state index contributed by atoms with van der Waals surface area (Å²) in [5, 5.41) is 10.9. The van der Waals surface area contributed by atoms with Crippen molar-refractivity contribution in [3.8, 4) is 5.88 Å². The monoisotopic (exact) mass is 357 g/mol. The first-order valence-corrected chi connectivity index (χ1v) is 7.93. The summed E-state index contributed by atoms with van der Waals surface area (Å²) in [7, 11) is 0. The molecular weight excluding hydrogens is 338 g/mol. The lowest BCUT2D eigenvalue weighted by atomic mass is 9.93. The van der Waals surface area contributed by atoms with Crippen LogP contribution in [0.5, 0.6) is 5.88 Å². The largest absolute Gasteiger partial charge is 0.475 e. The van der Waals surface area contributed by atoms with Gasteiger partial charge in [0.15, 0.2) is 0 Å². The van der Waals surface area contributed by atoms with E-state index < -0.39 is 4.92 Å². The first-order chi connectivity index (χ1) is 9.93. The molecule has 1 aromatic heterocycles. The number of rotatable bonds is 4. The number of nitro groups is 1. The van der Waals surface area contributed by atoms with Gasteiger partial charge in [-0.15, -0.1) is 0 Å². The number of nitrogens with zero attached hydrogens (tertiary/aromatic N) is 2. The Balaban J connectivity index is 2.09. The maximum Gasteiger partial charge on any atom is 0.291 e. The third-order valence-corrected chi connectivity index (χ3v) is 4.93. The molecule has 0 spiro atoms. The third-order valence-electron chi connectivity index (χ3n) is 4.00. The minimum atomic E-state index is -0.452. The molecule has 7 heteroatoms. The van der Waals surface area contributed by atoms with Crippen LogP contribution in [0.15, 0.2) is 10.7 Å². The van der Waals surface area contributed by atoms with Crippen LogP contribution in [-0.2, 0) is 0 Å². The molecule has 2 rings (SSSR count). The van der Waals surface area contributed by atoms with Crippen LogP contribution in [-0.4, -0.2) is 22.1 Å². The zero-order valence-electron chi connectivity index (χ0n) is 12.1. The second-order valence-electron chi connectivity index (χ2n) is 5.71. The van der Waals surface area contributed by atoms with Gasteiger partial charge < -0.3 is 10.5 Å². The minimum absolute atomic E-state index is 0.0221. The Morgan fingerprint density at radius 3 is 2.62 bits per heavy atom. The lowest BCUT2D eigenvalue weighted by Gasteiger charge is -2.27. The predicted octanol–water partition coefficient (Wildman–Crippen LogP) is 3.49. The van der Waals surface area contributed by atoms with Crippen LogP contribution in [0.4, 0.5) is 5.69 Å². The van der Waals surface area contributed by atoms with Gasteiger partial charge in [-0.1, -0.05) is 25.7 Å². The molecule has 6 nitrogen and oxygen atoms in total. The van der Waals surface area contributed by atoms with E-state index in [0.29, 0.717) is 22.5 Å². The van der Waals surface area contributed by atoms with Crippen LogP contribution < -0.4 is 10.5 Å². The number of pyridine rings is 1. The molecule has 0 atom stereocenters. The van der Waals surface area contributed by atoms with E-state index in [1.165, 1.54) is 19.0 Å². The standard InChI is InChI=1S/C14H20BrN3O3/c1-10-11(18(19)20)8-17-13(12(10)15)21-9-14(16)6-4-2-3-5-7-14/h8H,2-7,9,16H2,1H3. The number of aromatic nitrogens is 1. The quantitative estimate of drug-likeness (QED) is 0.505. The molecule has 1 heterocycles. The molecule has 21 heavy (non-hydrogen) atoms. The molecule has 1 aliphatic carbocycles. The molecule has 1 fully saturated rings. The topological polar surface area (TPSA) is 91.3 Å². The van der Waals surface area contributed by atoms with Gasteiger partial charge in [0, 0.05) is 5.56 Å². The normalized spacial score (nSPS) is 18.0. The molecule has 1 saturated carbocycles. The van der Waals surface area contributed by atoms with Gasteiger partial charge in [-0.05, 0) is 35.7 Å². The first kappa shape index (κ1) is 16.2.